The molecule has 1 amide bonds. The van der Waals surface area contributed by atoms with Gasteiger partial charge in [-0.15, -0.1) is 0 Å². The van der Waals surface area contributed by atoms with Crippen LogP contribution in [0.3, 0.4) is 0 Å². The lowest BCUT2D eigenvalue weighted by molar-refractivity contribution is -0.122. The van der Waals surface area contributed by atoms with Crippen LogP contribution in [0, 0.1) is 5.82 Å². The Morgan fingerprint density at radius 1 is 1.27 bits per heavy atom. The molecule has 2 aromatic rings. The Balaban J connectivity index is 1.66. The fraction of sp³-hybridized carbons (Fsp3) is 0.267. The predicted molar refractivity (Wildman–Crippen MR) is 78.2 cm³/mol. The van der Waals surface area contributed by atoms with E-state index in [1.54, 1.807) is 12.3 Å². The summed E-state index contributed by atoms with van der Waals surface area (Å²) in [6.07, 6.45) is 2.78. The predicted octanol–water partition coefficient (Wildman–Crippen LogP) is 2.10. The van der Waals surface area contributed by atoms with E-state index >= 15 is 0 Å². The van der Waals surface area contributed by atoms with Crippen molar-refractivity contribution in [3.8, 4) is 11.6 Å². The van der Waals surface area contributed by atoms with Crippen LogP contribution in [0.1, 0.15) is 12.8 Å². The van der Waals surface area contributed by atoms with Gasteiger partial charge >= 0.3 is 0 Å². The Kier molecular flexibility index (Phi) is 4.13. The molecule has 1 aromatic heterocycles. The average molecular weight is 302 g/mol. The van der Waals surface area contributed by atoms with Crippen LogP contribution in [0.25, 0.3) is 0 Å². The second-order valence-electron chi connectivity index (χ2n) is 4.96. The molecule has 0 radical (unpaired) electrons. The van der Waals surface area contributed by atoms with Crippen LogP contribution in [-0.4, -0.2) is 28.5 Å². The summed E-state index contributed by atoms with van der Waals surface area (Å²) in [5.74, 6) is 0.933. The third-order valence-corrected chi connectivity index (χ3v) is 3.25. The number of piperidine rings is 1. The van der Waals surface area contributed by atoms with Crippen LogP contribution in [0.2, 0.25) is 0 Å². The van der Waals surface area contributed by atoms with E-state index < -0.39 is 0 Å². The van der Waals surface area contributed by atoms with Gasteiger partial charge in [0.25, 0.3) is 0 Å². The molecule has 2 N–H and O–H groups in total. The Bertz CT molecular complexity index is 663. The normalized spacial score (nSPS) is 17.7. The van der Waals surface area contributed by atoms with E-state index in [4.69, 9.17) is 4.74 Å². The maximum Gasteiger partial charge on any atom is 0.226 e. The van der Waals surface area contributed by atoms with Crippen LogP contribution in [-0.2, 0) is 4.79 Å². The summed E-state index contributed by atoms with van der Waals surface area (Å²) in [7, 11) is 0. The molecule has 0 saturated carbocycles. The number of carbonyl (C=O) groups excluding carboxylic acids is 1. The highest BCUT2D eigenvalue weighted by atomic mass is 19.1. The highest BCUT2D eigenvalue weighted by Gasteiger charge is 2.19. The number of benzene rings is 1. The average Bonchev–Trinajstić information content (AvgIpc) is 2.50. The molecule has 22 heavy (non-hydrogen) atoms. The molecule has 0 bridgehead atoms. The number of carbonyl (C=O) groups is 1. The van der Waals surface area contributed by atoms with Gasteiger partial charge in [-0.25, -0.2) is 9.37 Å². The molecule has 1 atom stereocenters. The molecule has 3 rings (SSSR count). The number of nitrogens with one attached hydrogen (secondary N) is 2. The molecular formula is C15H15FN4O2. The quantitative estimate of drug-likeness (QED) is 0.904. The summed E-state index contributed by atoms with van der Waals surface area (Å²) in [5.41, 5.74) is 0. The molecule has 2 heterocycles. The van der Waals surface area contributed by atoms with Crippen LogP contribution in [0.4, 0.5) is 10.3 Å². The van der Waals surface area contributed by atoms with Gasteiger partial charge in [-0.1, -0.05) is 0 Å². The van der Waals surface area contributed by atoms with Gasteiger partial charge in [0.15, 0.2) is 0 Å². The highest BCUT2D eigenvalue weighted by Crippen LogP contribution is 2.20. The van der Waals surface area contributed by atoms with Gasteiger partial charge in [-0.3, -0.25) is 4.79 Å². The first-order valence-corrected chi connectivity index (χ1v) is 6.99. The summed E-state index contributed by atoms with van der Waals surface area (Å²) < 4.78 is 18.4. The number of halogens is 1. The first-order valence-electron chi connectivity index (χ1n) is 6.99. The fourth-order valence-corrected chi connectivity index (χ4v) is 2.18. The molecule has 1 aromatic carbocycles. The molecule has 6 nitrogen and oxygen atoms in total. The zero-order chi connectivity index (χ0) is 15.4. The van der Waals surface area contributed by atoms with Crippen molar-refractivity contribution in [1.29, 1.82) is 0 Å². The smallest absolute Gasteiger partial charge is 0.226 e. The minimum Gasteiger partial charge on any atom is -0.439 e. The van der Waals surface area contributed by atoms with Crippen molar-refractivity contribution in [2.24, 2.45) is 0 Å². The monoisotopic (exact) mass is 302 g/mol. The number of ether oxygens (including phenoxy) is 1. The lowest BCUT2D eigenvalue weighted by Crippen LogP contribution is -2.39. The van der Waals surface area contributed by atoms with Gasteiger partial charge in [0.05, 0.1) is 0 Å². The second-order valence-corrected chi connectivity index (χ2v) is 4.96. The van der Waals surface area contributed by atoms with E-state index in [-0.39, 0.29) is 17.8 Å². The number of rotatable bonds is 4. The number of aromatic nitrogens is 2. The van der Waals surface area contributed by atoms with E-state index in [1.807, 2.05) is 0 Å². The van der Waals surface area contributed by atoms with Crippen molar-refractivity contribution >= 4 is 11.9 Å². The number of hydrogen-bond donors (Lipinski definition) is 2. The molecule has 1 saturated heterocycles. The molecule has 0 spiro atoms. The molecule has 7 heteroatoms. The van der Waals surface area contributed by atoms with E-state index in [0.717, 1.165) is 6.42 Å². The van der Waals surface area contributed by atoms with Crippen molar-refractivity contribution in [2.75, 3.05) is 11.9 Å². The van der Waals surface area contributed by atoms with Gasteiger partial charge < -0.3 is 15.4 Å². The lowest BCUT2D eigenvalue weighted by atomic mass is 10.1. The van der Waals surface area contributed by atoms with E-state index in [9.17, 15) is 9.18 Å². The summed E-state index contributed by atoms with van der Waals surface area (Å²) in [6, 6.07) is 7.30. The van der Waals surface area contributed by atoms with Crippen molar-refractivity contribution in [3.05, 3.63) is 42.3 Å². The zero-order valence-electron chi connectivity index (χ0n) is 11.8. The Hall–Kier alpha value is -2.70. The first-order chi connectivity index (χ1) is 10.7. The summed E-state index contributed by atoms with van der Waals surface area (Å²) >= 11 is 0. The maximum absolute atomic E-state index is 12.9. The van der Waals surface area contributed by atoms with Crippen molar-refractivity contribution < 1.29 is 13.9 Å². The van der Waals surface area contributed by atoms with Gasteiger partial charge in [-0.2, -0.15) is 4.98 Å². The number of hydrogen-bond acceptors (Lipinski definition) is 5. The van der Waals surface area contributed by atoms with Gasteiger partial charge in [-0.05, 0) is 30.7 Å². The van der Waals surface area contributed by atoms with Gasteiger partial charge in [0.2, 0.25) is 17.7 Å². The van der Waals surface area contributed by atoms with E-state index in [1.165, 1.54) is 24.3 Å². The second kappa shape index (κ2) is 6.38. The minimum absolute atomic E-state index is 0.00909. The Morgan fingerprint density at radius 3 is 2.86 bits per heavy atom. The molecule has 1 aliphatic heterocycles. The number of amides is 1. The maximum atomic E-state index is 12.9. The molecule has 1 unspecified atom stereocenters. The van der Waals surface area contributed by atoms with Crippen molar-refractivity contribution in [1.82, 2.24) is 15.3 Å². The fourth-order valence-electron chi connectivity index (χ4n) is 2.18. The minimum atomic E-state index is -0.326. The topological polar surface area (TPSA) is 76.1 Å². The van der Waals surface area contributed by atoms with Gasteiger partial charge in [0, 0.05) is 31.3 Å². The summed E-state index contributed by atoms with van der Waals surface area (Å²) in [4.78, 5) is 19.7. The van der Waals surface area contributed by atoms with E-state index in [2.05, 4.69) is 20.6 Å². The van der Waals surface area contributed by atoms with Crippen LogP contribution >= 0.6 is 0 Å². The lowest BCUT2D eigenvalue weighted by Gasteiger charge is -2.23. The number of nitrogens with zero attached hydrogens (tertiary/aromatic N) is 2. The molecular weight excluding hydrogens is 287 g/mol. The highest BCUT2D eigenvalue weighted by molar-refractivity contribution is 5.77. The van der Waals surface area contributed by atoms with Crippen LogP contribution < -0.4 is 15.4 Å². The van der Waals surface area contributed by atoms with Crippen molar-refractivity contribution in [3.63, 3.8) is 0 Å². The SMILES string of the molecule is O=C1CC(Nc2nccc(Oc3ccc(F)cc3)n2)CCN1. The molecule has 0 aliphatic carbocycles. The van der Waals surface area contributed by atoms with E-state index in [0.29, 0.717) is 30.5 Å². The molecule has 1 fully saturated rings. The summed E-state index contributed by atoms with van der Waals surface area (Å²) in [5, 5.41) is 5.89. The van der Waals surface area contributed by atoms with Crippen LogP contribution in [0.5, 0.6) is 11.6 Å². The Morgan fingerprint density at radius 2 is 2.09 bits per heavy atom. The third kappa shape index (κ3) is 3.69. The zero-order valence-corrected chi connectivity index (χ0v) is 11.8. The largest absolute Gasteiger partial charge is 0.439 e. The number of anilines is 1. The summed E-state index contributed by atoms with van der Waals surface area (Å²) in [6.45, 7) is 0.641. The van der Waals surface area contributed by atoms with Gasteiger partial charge in [0.1, 0.15) is 11.6 Å². The van der Waals surface area contributed by atoms with Crippen molar-refractivity contribution in [2.45, 2.75) is 18.9 Å². The molecule has 114 valence electrons. The first kappa shape index (κ1) is 14.2. The molecule has 1 aliphatic rings. The van der Waals surface area contributed by atoms with Crippen LogP contribution in [0.15, 0.2) is 36.5 Å². The Labute approximate surface area is 126 Å². The standard InChI is InChI=1S/C15H15FN4O2/c16-10-1-3-12(4-2-10)22-14-6-8-18-15(20-14)19-11-5-7-17-13(21)9-11/h1-4,6,8,11H,5,7,9H2,(H,17,21)(H,18,19,20). The third-order valence-electron chi connectivity index (χ3n) is 3.25.